The van der Waals surface area contributed by atoms with Gasteiger partial charge in [0, 0.05) is 0 Å². The van der Waals surface area contributed by atoms with Crippen LogP contribution in [-0.4, -0.2) is 12.6 Å². The number of esters is 1. The standard InChI is InChI=1S/C25H26O2/c1-4-27-24(26)22-10-9-18-14-17(7-8-19(18)16-22)20-11-12-23-21(15-20)6-5-13-25(23,2)3/h7-12,14-16H,4-6,13H2,1-3H3. The topological polar surface area (TPSA) is 26.3 Å². The first-order valence-electron chi connectivity index (χ1n) is 9.83. The van der Waals surface area contributed by atoms with Crippen molar-refractivity contribution in [1.82, 2.24) is 0 Å². The van der Waals surface area contributed by atoms with E-state index in [1.54, 1.807) is 0 Å². The van der Waals surface area contributed by atoms with Crippen molar-refractivity contribution in [3.8, 4) is 11.1 Å². The summed E-state index contributed by atoms with van der Waals surface area (Å²) in [6.45, 7) is 6.92. The summed E-state index contributed by atoms with van der Waals surface area (Å²) >= 11 is 0. The van der Waals surface area contributed by atoms with Crippen LogP contribution in [0.3, 0.4) is 0 Å². The fraction of sp³-hybridized carbons (Fsp3) is 0.320. The maximum atomic E-state index is 11.9. The van der Waals surface area contributed by atoms with Gasteiger partial charge >= 0.3 is 5.97 Å². The van der Waals surface area contributed by atoms with E-state index in [2.05, 4.69) is 50.2 Å². The van der Waals surface area contributed by atoms with Gasteiger partial charge in [-0.3, -0.25) is 0 Å². The number of aryl methyl sites for hydroxylation is 1. The lowest BCUT2D eigenvalue weighted by atomic mass is 9.72. The molecule has 0 aliphatic heterocycles. The lowest BCUT2D eigenvalue weighted by Gasteiger charge is -2.32. The minimum absolute atomic E-state index is 0.263. The van der Waals surface area contributed by atoms with Crippen molar-refractivity contribution in [2.75, 3.05) is 6.61 Å². The molecular weight excluding hydrogens is 332 g/mol. The van der Waals surface area contributed by atoms with E-state index >= 15 is 0 Å². The number of fused-ring (bicyclic) bond motifs is 2. The smallest absolute Gasteiger partial charge is 0.338 e. The van der Waals surface area contributed by atoms with Crippen LogP contribution >= 0.6 is 0 Å². The monoisotopic (exact) mass is 358 g/mol. The summed E-state index contributed by atoms with van der Waals surface area (Å²) in [7, 11) is 0. The van der Waals surface area contributed by atoms with Crippen molar-refractivity contribution in [2.24, 2.45) is 0 Å². The lowest BCUT2D eigenvalue weighted by Crippen LogP contribution is -2.23. The van der Waals surface area contributed by atoms with E-state index in [-0.39, 0.29) is 11.4 Å². The van der Waals surface area contributed by atoms with Crippen molar-refractivity contribution >= 4 is 16.7 Å². The predicted octanol–water partition coefficient (Wildman–Crippen LogP) is 6.30. The number of hydrogen-bond donors (Lipinski definition) is 0. The first kappa shape index (κ1) is 17.8. The van der Waals surface area contributed by atoms with Gasteiger partial charge < -0.3 is 4.74 Å². The molecule has 0 saturated carbocycles. The first-order valence-corrected chi connectivity index (χ1v) is 9.83. The van der Waals surface area contributed by atoms with Gasteiger partial charge in [0.15, 0.2) is 0 Å². The highest BCUT2D eigenvalue weighted by Crippen LogP contribution is 2.38. The summed E-state index contributed by atoms with van der Waals surface area (Å²) in [5.41, 5.74) is 6.35. The zero-order chi connectivity index (χ0) is 19.0. The molecule has 0 fully saturated rings. The fourth-order valence-corrected chi connectivity index (χ4v) is 4.26. The average Bonchev–Trinajstić information content (AvgIpc) is 2.67. The largest absolute Gasteiger partial charge is 0.462 e. The molecule has 0 amide bonds. The minimum Gasteiger partial charge on any atom is -0.462 e. The van der Waals surface area contributed by atoms with Gasteiger partial charge in [-0.2, -0.15) is 0 Å². The molecule has 2 heteroatoms. The molecule has 138 valence electrons. The highest BCUT2D eigenvalue weighted by Gasteiger charge is 2.27. The van der Waals surface area contributed by atoms with E-state index in [0.717, 1.165) is 10.8 Å². The highest BCUT2D eigenvalue weighted by atomic mass is 16.5. The molecular formula is C25H26O2. The van der Waals surface area contributed by atoms with E-state index < -0.39 is 0 Å². The van der Waals surface area contributed by atoms with Crippen LogP contribution in [0.5, 0.6) is 0 Å². The number of rotatable bonds is 3. The molecule has 0 saturated heterocycles. The quantitative estimate of drug-likeness (QED) is 0.514. The Kier molecular flexibility index (Phi) is 4.51. The highest BCUT2D eigenvalue weighted by molar-refractivity contribution is 5.96. The number of carbonyl (C=O) groups excluding carboxylic acids is 1. The van der Waals surface area contributed by atoms with E-state index in [0.29, 0.717) is 12.2 Å². The predicted molar refractivity (Wildman–Crippen MR) is 111 cm³/mol. The van der Waals surface area contributed by atoms with Crippen LogP contribution in [0.25, 0.3) is 21.9 Å². The molecule has 1 aliphatic rings. The fourth-order valence-electron chi connectivity index (χ4n) is 4.26. The third-order valence-corrected chi connectivity index (χ3v) is 5.77. The summed E-state index contributed by atoms with van der Waals surface area (Å²) in [5.74, 6) is -0.263. The second kappa shape index (κ2) is 6.84. The Morgan fingerprint density at radius 2 is 1.67 bits per heavy atom. The van der Waals surface area contributed by atoms with E-state index in [4.69, 9.17) is 4.74 Å². The van der Waals surface area contributed by atoms with Crippen LogP contribution in [0.2, 0.25) is 0 Å². The molecule has 4 rings (SSSR count). The second-order valence-electron chi connectivity index (χ2n) is 8.11. The van der Waals surface area contributed by atoms with Gasteiger partial charge in [-0.15, -0.1) is 0 Å². The van der Waals surface area contributed by atoms with Gasteiger partial charge in [0.2, 0.25) is 0 Å². The minimum atomic E-state index is -0.263. The van der Waals surface area contributed by atoms with Crippen molar-refractivity contribution in [2.45, 2.75) is 45.4 Å². The van der Waals surface area contributed by atoms with Crippen LogP contribution < -0.4 is 0 Å². The zero-order valence-electron chi connectivity index (χ0n) is 16.3. The van der Waals surface area contributed by atoms with Crippen molar-refractivity contribution in [3.63, 3.8) is 0 Å². The van der Waals surface area contributed by atoms with Crippen LogP contribution in [-0.2, 0) is 16.6 Å². The number of carbonyl (C=O) groups is 1. The number of benzene rings is 3. The molecule has 2 nitrogen and oxygen atoms in total. The molecule has 3 aromatic carbocycles. The number of ether oxygens (including phenoxy) is 1. The van der Waals surface area contributed by atoms with Crippen LogP contribution in [0.4, 0.5) is 0 Å². The molecule has 0 atom stereocenters. The van der Waals surface area contributed by atoms with Gasteiger partial charge in [0.25, 0.3) is 0 Å². The molecule has 0 unspecified atom stereocenters. The van der Waals surface area contributed by atoms with Crippen LogP contribution in [0.1, 0.15) is 55.1 Å². The second-order valence-corrected chi connectivity index (χ2v) is 8.11. The molecule has 0 N–H and O–H groups in total. The Morgan fingerprint density at radius 3 is 2.48 bits per heavy atom. The Labute approximate surface area is 161 Å². The van der Waals surface area contributed by atoms with E-state index in [1.807, 2.05) is 25.1 Å². The molecule has 0 spiro atoms. The maximum absolute atomic E-state index is 11.9. The molecule has 0 aromatic heterocycles. The Hall–Kier alpha value is -2.61. The first-order chi connectivity index (χ1) is 13.0. The van der Waals surface area contributed by atoms with E-state index in [1.165, 1.54) is 41.5 Å². The maximum Gasteiger partial charge on any atom is 0.338 e. The molecule has 3 aromatic rings. The Balaban J connectivity index is 1.70. The van der Waals surface area contributed by atoms with Gasteiger partial charge in [0.1, 0.15) is 0 Å². The van der Waals surface area contributed by atoms with Gasteiger partial charge in [0.05, 0.1) is 12.2 Å². The summed E-state index contributed by atoms with van der Waals surface area (Å²) in [5, 5.41) is 2.20. The molecule has 0 bridgehead atoms. The SMILES string of the molecule is CCOC(=O)c1ccc2cc(-c3ccc4c(c3)CCCC4(C)C)ccc2c1. The molecule has 27 heavy (non-hydrogen) atoms. The third kappa shape index (κ3) is 3.37. The van der Waals surface area contributed by atoms with Crippen LogP contribution in [0, 0.1) is 0 Å². The average molecular weight is 358 g/mol. The van der Waals surface area contributed by atoms with Crippen molar-refractivity contribution in [3.05, 3.63) is 71.3 Å². The van der Waals surface area contributed by atoms with E-state index in [9.17, 15) is 4.79 Å². The Bertz CT molecular complexity index is 1010. The summed E-state index contributed by atoms with van der Waals surface area (Å²) < 4.78 is 5.10. The number of hydrogen-bond acceptors (Lipinski definition) is 2. The summed E-state index contributed by atoms with van der Waals surface area (Å²) in [4.78, 5) is 11.9. The Morgan fingerprint density at radius 1 is 0.963 bits per heavy atom. The van der Waals surface area contributed by atoms with Crippen molar-refractivity contribution < 1.29 is 9.53 Å². The van der Waals surface area contributed by atoms with Crippen LogP contribution in [0.15, 0.2) is 54.6 Å². The summed E-state index contributed by atoms with van der Waals surface area (Å²) in [6, 6.07) is 19.1. The molecule has 0 radical (unpaired) electrons. The zero-order valence-corrected chi connectivity index (χ0v) is 16.3. The normalized spacial score (nSPS) is 15.4. The molecule has 1 aliphatic carbocycles. The third-order valence-electron chi connectivity index (χ3n) is 5.77. The van der Waals surface area contributed by atoms with Crippen molar-refractivity contribution in [1.29, 1.82) is 0 Å². The molecule has 0 heterocycles. The lowest BCUT2D eigenvalue weighted by molar-refractivity contribution is 0.0526. The summed E-state index contributed by atoms with van der Waals surface area (Å²) in [6.07, 6.45) is 3.69. The van der Waals surface area contributed by atoms with Gasteiger partial charge in [-0.05, 0) is 82.8 Å². The van der Waals surface area contributed by atoms with Gasteiger partial charge in [-0.25, -0.2) is 4.79 Å². The van der Waals surface area contributed by atoms with Gasteiger partial charge in [-0.1, -0.05) is 50.2 Å².